The van der Waals surface area contributed by atoms with E-state index in [0.717, 1.165) is 4.47 Å². The zero-order valence-corrected chi connectivity index (χ0v) is 12.6. The lowest BCUT2D eigenvalue weighted by molar-refractivity contribution is 0.723. The smallest absolute Gasteiger partial charge is 0.0542 e. The van der Waals surface area contributed by atoms with Crippen LogP contribution in [-0.2, 0) is 0 Å². The van der Waals surface area contributed by atoms with Crippen LogP contribution in [0.4, 0.5) is 0 Å². The molecule has 3 unspecified atom stereocenters. The number of halogens is 1. The maximum atomic E-state index is 6.05. The van der Waals surface area contributed by atoms with Crippen molar-refractivity contribution < 1.29 is 0 Å². The van der Waals surface area contributed by atoms with Crippen LogP contribution in [0.15, 0.2) is 15.9 Å². The second kappa shape index (κ2) is 6.28. The van der Waals surface area contributed by atoms with Crippen LogP contribution in [0.25, 0.3) is 0 Å². The molecule has 0 saturated heterocycles. The number of thiophene rings is 1. The van der Waals surface area contributed by atoms with Gasteiger partial charge in [-0.2, -0.15) is 0 Å². The SMILES string of the molecule is CCC(C)SC(c1cc(Br)cs1)C(C)N. The van der Waals surface area contributed by atoms with Crippen LogP contribution in [-0.4, -0.2) is 11.3 Å². The Balaban J connectivity index is 2.74. The zero-order chi connectivity index (χ0) is 11.4. The molecule has 0 bridgehead atoms. The molecular formula is C11H18BrNS2. The fourth-order valence-electron chi connectivity index (χ4n) is 1.27. The van der Waals surface area contributed by atoms with Crippen LogP contribution < -0.4 is 5.73 Å². The summed E-state index contributed by atoms with van der Waals surface area (Å²) in [6.07, 6.45) is 1.19. The Labute approximate surface area is 109 Å². The monoisotopic (exact) mass is 307 g/mol. The van der Waals surface area contributed by atoms with E-state index in [2.05, 4.69) is 48.1 Å². The third kappa shape index (κ3) is 4.10. The Bertz CT molecular complexity index is 299. The molecule has 0 amide bonds. The summed E-state index contributed by atoms with van der Waals surface area (Å²) < 4.78 is 1.16. The minimum absolute atomic E-state index is 0.203. The number of thioether (sulfide) groups is 1. The maximum Gasteiger partial charge on any atom is 0.0542 e. The molecule has 15 heavy (non-hydrogen) atoms. The molecule has 0 fully saturated rings. The van der Waals surface area contributed by atoms with E-state index in [1.54, 1.807) is 11.3 Å². The molecule has 4 heteroatoms. The van der Waals surface area contributed by atoms with Crippen LogP contribution in [0.2, 0.25) is 0 Å². The highest BCUT2D eigenvalue weighted by Crippen LogP contribution is 2.39. The van der Waals surface area contributed by atoms with Crippen molar-refractivity contribution in [2.45, 2.75) is 43.7 Å². The highest BCUT2D eigenvalue weighted by molar-refractivity contribution is 9.10. The summed E-state index contributed by atoms with van der Waals surface area (Å²) in [6.45, 7) is 6.58. The minimum atomic E-state index is 0.203. The van der Waals surface area contributed by atoms with Gasteiger partial charge in [0.25, 0.3) is 0 Å². The van der Waals surface area contributed by atoms with E-state index in [4.69, 9.17) is 5.73 Å². The van der Waals surface area contributed by atoms with Crippen molar-refractivity contribution in [3.8, 4) is 0 Å². The van der Waals surface area contributed by atoms with Gasteiger partial charge in [-0.3, -0.25) is 0 Å². The molecule has 0 aliphatic heterocycles. The molecule has 1 aromatic rings. The molecule has 0 saturated carbocycles. The zero-order valence-electron chi connectivity index (χ0n) is 9.37. The van der Waals surface area contributed by atoms with Crippen molar-refractivity contribution in [3.05, 3.63) is 20.8 Å². The first kappa shape index (κ1) is 13.6. The molecule has 1 rings (SSSR count). The molecule has 0 spiro atoms. The van der Waals surface area contributed by atoms with E-state index in [0.29, 0.717) is 10.5 Å². The maximum absolute atomic E-state index is 6.05. The van der Waals surface area contributed by atoms with Crippen molar-refractivity contribution in [2.24, 2.45) is 5.73 Å². The number of nitrogens with two attached hydrogens (primary N) is 1. The van der Waals surface area contributed by atoms with Crippen molar-refractivity contribution in [1.29, 1.82) is 0 Å². The fraction of sp³-hybridized carbons (Fsp3) is 0.636. The van der Waals surface area contributed by atoms with Crippen molar-refractivity contribution in [3.63, 3.8) is 0 Å². The second-order valence-corrected chi connectivity index (χ2v) is 7.25. The Morgan fingerprint density at radius 2 is 2.20 bits per heavy atom. The van der Waals surface area contributed by atoms with E-state index < -0.39 is 0 Å². The van der Waals surface area contributed by atoms with E-state index in [1.165, 1.54) is 11.3 Å². The standard InChI is InChI=1S/C11H18BrNS2/c1-4-7(2)15-11(8(3)13)10-5-9(12)6-14-10/h5-8,11H,4,13H2,1-3H3. The first-order chi connectivity index (χ1) is 7.04. The Morgan fingerprint density at radius 3 is 2.60 bits per heavy atom. The molecular weight excluding hydrogens is 290 g/mol. The lowest BCUT2D eigenvalue weighted by atomic mass is 10.2. The molecule has 1 aromatic heterocycles. The van der Waals surface area contributed by atoms with E-state index >= 15 is 0 Å². The summed E-state index contributed by atoms with van der Waals surface area (Å²) in [6, 6.07) is 2.39. The van der Waals surface area contributed by atoms with Gasteiger partial charge in [-0.25, -0.2) is 0 Å². The van der Waals surface area contributed by atoms with Gasteiger partial charge in [0.2, 0.25) is 0 Å². The van der Waals surface area contributed by atoms with Gasteiger partial charge in [0, 0.05) is 26.0 Å². The van der Waals surface area contributed by atoms with Crippen LogP contribution >= 0.6 is 39.0 Å². The van der Waals surface area contributed by atoms with Crippen LogP contribution in [0, 0.1) is 0 Å². The fourth-order valence-corrected chi connectivity index (χ4v) is 4.29. The molecule has 0 aliphatic carbocycles. The number of rotatable bonds is 5. The van der Waals surface area contributed by atoms with Gasteiger partial charge in [-0.1, -0.05) is 13.8 Å². The molecule has 0 aliphatic rings. The first-order valence-corrected chi connectivity index (χ1v) is 7.81. The average Bonchev–Trinajstić information content (AvgIpc) is 2.60. The Kier molecular flexibility index (Phi) is 5.68. The predicted molar refractivity (Wildman–Crippen MR) is 75.8 cm³/mol. The molecule has 86 valence electrons. The number of hydrogen-bond donors (Lipinski definition) is 1. The molecule has 1 heterocycles. The summed E-state index contributed by atoms with van der Waals surface area (Å²) in [5.41, 5.74) is 6.05. The molecule has 0 aromatic carbocycles. The topological polar surface area (TPSA) is 26.0 Å². The second-order valence-electron chi connectivity index (χ2n) is 3.80. The molecule has 1 nitrogen and oxygen atoms in total. The molecule has 3 atom stereocenters. The summed E-state index contributed by atoms with van der Waals surface area (Å²) in [5, 5.41) is 3.22. The van der Waals surface area contributed by atoms with E-state index in [1.807, 2.05) is 11.8 Å². The summed E-state index contributed by atoms with van der Waals surface area (Å²) >= 11 is 7.27. The van der Waals surface area contributed by atoms with Crippen LogP contribution in [0.5, 0.6) is 0 Å². The lowest BCUT2D eigenvalue weighted by Crippen LogP contribution is -2.23. The van der Waals surface area contributed by atoms with Gasteiger partial charge in [-0.05, 0) is 35.3 Å². The van der Waals surface area contributed by atoms with Crippen LogP contribution in [0.3, 0.4) is 0 Å². The molecule has 0 radical (unpaired) electrons. The van der Waals surface area contributed by atoms with E-state index in [-0.39, 0.29) is 6.04 Å². The summed E-state index contributed by atoms with van der Waals surface area (Å²) in [5.74, 6) is 0. The van der Waals surface area contributed by atoms with Gasteiger partial charge < -0.3 is 5.73 Å². The highest BCUT2D eigenvalue weighted by atomic mass is 79.9. The normalized spacial score (nSPS) is 17.4. The average molecular weight is 308 g/mol. The third-order valence-electron chi connectivity index (χ3n) is 2.30. The van der Waals surface area contributed by atoms with Gasteiger partial charge >= 0.3 is 0 Å². The summed E-state index contributed by atoms with van der Waals surface area (Å²) in [4.78, 5) is 1.38. The van der Waals surface area contributed by atoms with Gasteiger partial charge in [-0.15, -0.1) is 23.1 Å². The quantitative estimate of drug-likeness (QED) is 0.871. The molecule has 2 N–H and O–H groups in total. The summed E-state index contributed by atoms with van der Waals surface area (Å²) in [7, 11) is 0. The first-order valence-electron chi connectivity index (χ1n) is 5.19. The van der Waals surface area contributed by atoms with E-state index in [9.17, 15) is 0 Å². The third-order valence-corrected chi connectivity index (χ3v) is 6.00. The van der Waals surface area contributed by atoms with Crippen LogP contribution in [0.1, 0.15) is 37.3 Å². The Hall–Kier alpha value is 0.490. The number of hydrogen-bond acceptors (Lipinski definition) is 3. The van der Waals surface area contributed by atoms with Gasteiger partial charge in [0.1, 0.15) is 0 Å². The minimum Gasteiger partial charge on any atom is -0.327 e. The lowest BCUT2D eigenvalue weighted by Gasteiger charge is -2.22. The largest absolute Gasteiger partial charge is 0.327 e. The highest BCUT2D eigenvalue weighted by Gasteiger charge is 2.20. The predicted octanol–water partition coefficient (Wildman–Crippen LogP) is 4.43. The van der Waals surface area contributed by atoms with Gasteiger partial charge in [0.05, 0.1) is 5.25 Å². The van der Waals surface area contributed by atoms with Crippen molar-refractivity contribution in [2.75, 3.05) is 0 Å². The van der Waals surface area contributed by atoms with Crippen molar-refractivity contribution >= 4 is 39.0 Å². The van der Waals surface area contributed by atoms with Crippen molar-refractivity contribution in [1.82, 2.24) is 0 Å². The van der Waals surface area contributed by atoms with Gasteiger partial charge in [0.15, 0.2) is 0 Å². The Morgan fingerprint density at radius 1 is 1.53 bits per heavy atom.